The maximum absolute atomic E-state index is 5.59. The zero-order chi connectivity index (χ0) is 14.5. The van der Waals surface area contributed by atoms with Crippen molar-refractivity contribution in [1.29, 1.82) is 0 Å². The first-order valence-electron chi connectivity index (χ1n) is 6.95. The second kappa shape index (κ2) is 6.57. The van der Waals surface area contributed by atoms with Gasteiger partial charge in [-0.1, -0.05) is 19.1 Å². The number of methoxy groups -OCH3 is 1. The van der Waals surface area contributed by atoms with E-state index in [1.165, 1.54) is 5.56 Å². The highest BCUT2D eigenvalue weighted by Crippen LogP contribution is 2.26. The predicted octanol–water partition coefficient (Wildman–Crippen LogP) is 3.40. The molecule has 0 saturated heterocycles. The molecule has 0 aliphatic rings. The van der Waals surface area contributed by atoms with E-state index < -0.39 is 0 Å². The van der Waals surface area contributed by atoms with Crippen LogP contribution in [0.15, 0.2) is 28.8 Å². The van der Waals surface area contributed by atoms with E-state index in [0.717, 1.165) is 29.4 Å². The van der Waals surface area contributed by atoms with E-state index in [-0.39, 0.29) is 6.04 Å². The monoisotopic (exact) mass is 274 g/mol. The molecule has 0 aliphatic carbocycles. The van der Waals surface area contributed by atoms with Gasteiger partial charge < -0.3 is 14.5 Å². The van der Waals surface area contributed by atoms with Crippen LogP contribution >= 0.6 is 0 Å². The molecule has 0 bridgehead atoms. The number of nitrogens with one attached hydrogen (secondary N) is 1. The third-order valence-electron chi connectivity index (χ3n) is 3.36. The van der Waals surface area contributed by atoms with Crippen LogP contribution in [-0.4, -0.2) is 12.1 Å². The van der Waals surface area contributed by atoms with Gasteiger partial charge in [0.25, 0.3) is 0 Å². The fourth-order valence-corrected chi connectivity index (χ4v) is 2.12. The lowest BCUT2D eigenvalue weighted by Crippen LogP contribution is -2.19. The summed E-state index contributed by atoms with van der Waals surface area (Å²) < 4.78 is 11.0. The molecule has 2 rings (SSSR count). The quantitative estimate of drug-likeness (QED) is 0.877. The van der Waals surface area contributed by atoms with Crippen molar-refractivity contribution in [1.82, 2.24) is 10.3 Å². The summed E-state index contributed by atoms with van der Waals surface area (Å²) in [4.78, 5) is 4.25. The van der Waals surface area contributed by atoms with Gasteiger partial charge in [-0.05, 0) is 25.5 Å². The van der Waals surface area contributed by atoms with Crippen LogP contribution in [0.5, 0.6) is 5.75 Å². The van der Waals surface area contributed by atoms with Crippen molar-refractivity contribution in [2.45, 2.75) is 39.8 Å². The Morgan fingerprint density at radius 1 is 1.40 bits per heavy atom. The molecule has 1 N–H and O–H groups in total. The van der Waals surface area contributed by atoms with Crippen LogP contribution in [0.1, 0.15) is 42.7 Å². The fourth-order valence-electron chi connectivity index (χ4n) is 2.12. The number of oxazole rings is 1. The van der Waals surface area contributed by atoms with Gasteiger partial charge in [0.05, 0.1) is 19.9 Å². The van der Waals surface area contributed by atoms with Gasteiger partial charge in [-0.3, -0.25) is 0 Å². The molecule has 1 aromatic heterocycles. The highest BCUT2D eigenvalue weighted by molar-refractivity contribution is 5.39. The topological polar surface area (TPSA) is 47.3 Å². The smallest absolute Gasteiger partial charge is 0.208 e. The first-order chi connectivity index (χ1) is 9.63. The third-order valence-corrected chi connectivity index (χ3v) is 3.36. The third kappa shape index (κ3) is 3.39. The lowest BCUT2D eigenvalue weighted by Gasteiger charge is -2.17. The molecule has 0 spiro atoms. The van der Waals surface area contributed by atoms with Gasteiger partial charge in [-0.15, -0.1) is 0 Å². The number of hydrogen-bond donors (Lipinski definition) is 1. The lowest BCUT2D eigenvalue weighted by molar-refractivity contribution is 0.393. The van der Waals surface area contributed by atoms with Crippen molar-refractivity contribution in [3.63, 3.8) is 0 Å². The highest BCUT2D eigenvalue weighted by Gasteiger charge is 2.12. The molecule has 0 radical (unpaired) electrons. The number of benzene rings is 1. The van der Waals surface area contributed by atoms with Gasteiger partial charge in [-0.25, -0.2) is 4.98 Å². The van der Waals surface area contributed by atoms with Crippen molar-refractivity contribution >= 4 is 0 Å². The molecule has 0 amide bonds. The van der Waals surface area contributed by atoms with E-state index in [4.69, 9.17) is 9.15 Å². The van der Waals surface area contributed by atoms with Crippen LogP contribution in [0, 0.1) is 6.92 Å². The molecule has 0 aliphatic heterocycles. The van der Waals surface area contributed by atoms with E-state index in [1.54, 1.807) is 13.3 Å². The largest absolute Gasteiger partial charge is 0.496 e. The lowest BCUT2D eigenvalue weighted by atomic mass is 10.0. The van der Waals surface area contributed by atoms with E-state index in [9.17, 15) is 0 Å². The van der Waals surface area contributed by atoms with Gasteiger partial charge in [0, 0.05) is 18.0 Å². The van der Waals surface area contributed by atoms with Crippen LogP contribution in [0.2, 0.25) is 0 Å². The van der Waals surface area contributed by atoms with Crippen molar-refractivity contribution < 1.29 is 9.15 Å². The molecule has 1 unspecified atom stereocenters. The number of nitrogens with zero attached hydrogens (tertiary/aromatic N) is 1. The van der Waals surface area contributed by atoms with Crippen molar-refractivity contribution in [2.24, 2.45) is 0 Å². The second-order valence-electron chi connectivity index (χ2n) is 4.92. The second-order valence-corrected chi connectivity index (χ2v) is 4.92. The maximum Gasteiger partial charge on any atom is 0.208 e. The molecule has 1 heterocycles. The van der Waals surface area contributed by atoms with Crippen LogP contribution < -0.4 is 10.1 Å². The van der Waals surface area contributed by atoms with Crippen LogP contribution in [0.3, 0.4) is 0 Å². The average molecular weight is 274 g/mol. The molecule has 2 aromatic rings. The number of aryl methyl sites for hydroxylation is 2. The molecule has 4 heteroatoms. The molecular formula is C16H22N2O2. The van der Waals surface area contributed by atoms with Crippen LogP contribution in [-0.2, 0) is 13.0 Å². The Morgan fingerprint density at radius 3 is 2.85 bits per heavy atom. The molecule has 1 atom stereocenters. The maximum atomic E-state index is 5.59. The minimum absolute atomic E-state index is 0.169. The van der Waals surface area contributed by atoms with Crippen molar-refractivity contribution in [2.75, 3.05) is 7.11 Å². The summed E-state index contributed by atoms with van der Waals surface area (Å²) in [7, 11) is 1.70. The summed E-state index contributed by atoms with van der Waals surface area (Å²) >= 11 is 0. The standard InChI is InChI=1S/C16H22N2O2/c1-5-13-9-18-16(20-13)10-17-12(3)14-7-6-11(2)8-15(14)19-4/h6-9,12,17H,5,10H2,1-4H3. The van der Waals surface area contributed by atoms with Crippen molar-refractivity contribution in [3.8, 4) is 5.75 Å². The molecule has 1 aromatic carbocycles. The van der Waals surface area contributed by atoms with E-state index >= 15 is 0 Å². The van der Waals surface area contributed by atoms with E-state index in [2.05, 4.69) is 43.2 Å². The molecule has 0 fully saturated rings. The number of ether oxygens (including phenoxy) is 1. The number of rotatable bonds is 6. The normalized spacial score (nSPS) is 12.4. The first kappa shape index (κ1) is 14.6. The van der Waals surface area contributed by atoms with Gasteiger partial charge in [0.15, 0.2) is 0 Å². The minimum Gasteiger partial charge on any atom is -0.496 e. The first-order valence-corrected chi connectivity index (χ1v) is 6.95. The van der Waals surface area contributed by atoms with Gasteiger partial charge in [0.2, 0.25) is 5.89 Å². The zero-order valence-electron chi connectivity index (χ0n) is 12.6. The van der Waals surface area contributed by atoms with E-state index in [0.29, 0.717) is 6.54 Å². The van der Waals surface area contributed by atoms with Gasteiger partial charge in [0.1, 0.15) is 11.5 Å². The summed E-state index contributed by atoms with van der Waals surface area (Å²) in [5.41, 5.74) is 2.33. The minimum atomic E-state index is 0.169. The number of hydrogen-bond acceptors (Lipinski definition) is 4. The Bertz CT molecular complexity index is 563. The van der Waals surface area contributed by atoms with Crippen LogP contribution in [0.25, 0.3) is 0 Å². The van der Waals surface area contributed by atoms with Gasteiger partial charge in [-0.2, -0.15) is 0 Å². The Kier molecular flexibility index (Phi) is 4.79. The summed E-state index contributed by atoms with van der Waals surface area (Å²) in [5.74, 6) is 2.55. The van der Waals surface area contributed by atoms with E-state index in [1.807, 2.05) is 6.07 Å². The summed E-state index contributed by atoms with van der Waals surface area (Å²) in [5, 5.41) is 3.41. The fraction of sp³-hybridized carbons (Fsp3) is 0.438. The SMILES string of the molecule is CCc1cnc(CNC(C)c2ccc(C)cc2OC)o1. The van der Waals surface area contributed by atoms with Crippen LogP contribution in [0.4, 0.5) is 0 Å². The highest BCUT2D eigenvalue weighted by atomic mass is 16.5. The Labute approximate surface area is 120 Å². The molecule has 20 heavy (non-hydrogen) atoms. The van der Waals surface area contributed by atoms with Crippen molar-refractivity contribution in [3.05, 3.63) is 47.2 Å². The summed E-state index contributed by atoms with van der Waals surface area (Å²) in [6.45, 7) is 6.83. The Hall–Kier alpha value is -1.81. The molecule has 4 nitrogen and oxygen atoms in total. The summed E-state index contributed by atoms with van der Waals surface area (Å²) in [6, 6.07) is 6.41. The number of aromatic nitrogens is 1. The Balaban J connectivity index is 2.02. The van der Waals surface area contributed by atoms with Gasteiger partial charge >= 0.3 is 0 Å². The molecular weight excluding hydrogens is 252 g/mol. The zero-order valence-corrected chi connectivity index (χ0v) is 12.6. The predicted molar refractivity (Wildman–Crippen MR) is 78.9 cm³/mol. The summed E-state index contributed by atoms with van der Waals surface area (Å²) in [6.07, 6.45) is 2.66. The molecule has 108 valence electrons. The average Bonchev–Trinajstić information content (AvgIpc) is 2.92. The Morgan fingerprint density at radius 2 is 2.20 bits per heavy atom. The molecule has 0 saturated carbocycles.